The fraction of sp³-hybridized carbons (Fsp3) is 0.429. The quantitative estimate of drug-likeness (QED) is 0.779. The lowest BCUT2D eigenvalue weighted by molar-refractivity contribution is -0.133. The van der Waals surface area contributed by atoms with Crippen LogP contribution in [-0.2, 0) is 15.5 Å². The third-order valence-electron chi connectivity index (χ3n) is 1.59. The monoisotopic (exact) mass is 188 g/mol. The van der Waals surface area contributed by atoms with E-state index in [1.165, 1.54) is 0 Å². The summed E-state index contributed by atoms with van der Waals surface area (Å²) in [6, 6.07) is 0. The average molecular weight is 189 g/mol. The normalized spacial score (nSPS) is 9.83. The molecule has 0 amide bonds. The van der Waals surface area contributed by atoms with Crippen molar-refractivity contribution in [1.82, 2.24) is 9.97 Å². The molecular formula is C7H9ClN2O2. The molecule has 0 saturated carbocycles. The molecule has 1 heterocycles. The zero-order valence-electron chi connectivity index (χ0n) is 6.63. The zero-order valence-corrected chi connectivity index (χ0v) is 7.39. The van der Waals surface area contributed by atoms with Crippen molar-refractivity contribution >= 4 is 17.8 Å². The van der Waals surface area contributed by atoms with Crippen LogP contribution in [0.2, 0.25) is 0 Å². The number of nitrogens with zero attached hydrogens (tertiary/aromatic N) is 1. The van der Waals surface area contributed by atoms with E-state index < -0.39 is 5.97 Å². The Kier molecular flexibility index (Phi) is 3.10. The van der Waals surface area contributed by atoms with Crippen molar-refractivity contribution in [1.29, 1.82) is 0 Å². The van der Waals surface area contributed by atoms with Gasteiger partial charge in [-0.1, -0.05) is 0 Å². The topological polar surface area (TPSA) is 55.0 Å². The second kappa shape index (κ2) is 4.11. The molecule has 1 aromatic rings. The number of aromatic amines is 1. The van der Waals surface area contributed by atoms with E-state index in [1.807, 2.05) is 6.92 Å². The smallest absolute Gasteiger partial charge is 0.325 e. The Balaban J connectivity index is 2.43. The van der Waals surface area contributed by atoms with Crippen LogP contribution in [0.4, 0.5) is 0 Å². The van der Waals surface area contributed by atoms with Gasteiger partial charge in [0, 0.05) is 12.1 Å². The molecule has 0 aliphatic carbocycles. The second-order valence-electron chi connectivity index (χ2n) is 2.42. The number of halogens is 1. The molecule has 0 aromatic carbocycles. The Labute approximate surface area is 75.1 Å². The van der Waals surface area contributed by atoms with Crippen LogP contribution in [0.25, 0.3) is 0 Å². The van der Waals surface area contributed by atoms with Crippen molar-refractivity contribution in [2.24, 2.45) is 0 Å². The van der Waals surface area contributed by atoms with Crippen LogP contribution in [0, 0.1) is 6.92 Å². The van der Waals surface area contributed by atoms with Crippen LogP contribution in [0.5, 0.6) is 0 Å². The molecule has 0 radical (unpaired) electrons. The Morgan fingerprint density at radius 3 is 3.08 bits per heavy atom. The first kappa shape index (κ1) is 9.06. The van der Waals surface area contributed by atoms with Crippen molar-refractivity contribution < 1.29 is 9.08 Å². The van der Waals surface area contributed by atoms with Crippen molar-refractivity contribution in [3.8, 4) is 0 Å². The highest BCUT2D eigenvalue weighted by Gasteiger charge is 2.05. The standard InChI is InChI=1S/C7H9ClN2O2/c1-5-6(10-4-9-5)2-3-7(11)12-8/h4H,2-3H2,1H3,(H,9,10). The van der Waals surface area contributed by atoms with Gasteiger partial charge >= 0.3 is 5.97 Å². The molecular weight excluding hydrogens is 180 g/mol. The van der Waals surface area contributed by atoms with Gasteiger partial charge in [-0.25, -0.2) is 4.98 Å². The fourth-order valence-corrected chi connectivity index (χ4v) is 0.975. The van der Waals surface area contributed by atoms with E-state index in [1.54, 1.807) is 6.33 Å². The minimum atomic E-state index is -0.431. The number of nitrogens with one attached hydrogen (secondary N) is 1. The van der Waals surface area contributed by atoms with Crippen LogP contribution in [0.1, 0.15) is 17.8 Å². The van der Waals surface area contributed by atoms with Crippen LogP contribution in [-0.4, -0.2) is 15.9 Å². The Morgan fingerprint density at radius 1 is 1.83 bits per heavy atom. The molecule has 1 N–H and O–H groups in total. The third kappa shape index (κ3) is 2.23. The summed E-state index contributed by atoms with van der Waals surface area (Å²) < 4.78 is 3.98. The SMILES string of the molecule is Cc1[nH]cnc1CCC(=O)OCl. The highest BCUT2D eigenvalue weighted by atomic mass is 35.5. The molecule has 12 heavy (non-hydrogen) atoms. The number of carbonyl (C=O) groups excluding carboxylic acids is 1. The molecule has 0 fully saturated rings. The number of aryl methyl sites for hydroxylation is 2. The number of H-pyrrole nitrogens is 1. The van der Waals surface area contributed by atoms with Gasteiger partial charge in [0.2, 0.25) is 0 Å². The lowest BCUT2D eigenvalue weighted by Crippen LogP contribution is -2.00. The average Bonchev–Trinajstić information content (AvgIpc) is 2.47. The molecule has 4 nitrogen and oxygen atoms in total. The lowest BCUT2D eigenvalue weighted by atomic mass is 10.2. The highest BCUT2D eigenvalue weighted by Crippen LogP contribution is 2.04. The number of hydrogen-bond donors (Lipinski definition) is 1. The van der Waals surface area contributed by atoms with Crippen LogP contribution in [0.3, 0.4) is 0 Å². The molecule has 1 aromatic heterocycles. The first-order valence-electron chi connectivity index (χ1n) is 3.54. The summed E-state index contributed by atoms with van der Waals surface area (Å²) in [5.74, 6) is -0.431. The third-order valence-corrected chi connectivity index (χ3v) is 1.76. The second-order valence-corrected chi connectivity index (χ2v) is 2.58. The molecule has 0 aliphatic rings. The minimum Gasteiger partial charge on any atom is -0.348 e. The first-order chi connectivity index (χ1) is 5.74. The number of hydrogen-bond acceptors (Lipinski definition) is 3. The van der Waals surface area contributed by atoms with E-state index in [2.05, 4.69) is 14.3 Å². The maximum Gasteiger partial charge on any atom is 0.325 e. The Morgan fingerprint density at radius 2 is 2.58 bits per heavy atom. The van der Waals surface area contributed by atoms with E-state index in [-0.39, 0.29) is 6.42 Å². The molecule has 5 heteroatoms. The summed E-state index contributed by atoms with van der Waals surface area (Å²) in [6.45, 7) is 1.90. The summed E-state index contributed by atoms with van der Waals surface area (Å²) in [7, 11) is 0. The summed E-state index contributed by atoms with van der Waals surface area (Å²) in [4.78, 5) is 17.6. The zero-order chi connectivity index (χ0) is 8.97. The number of imidazole rings is 1. The Bertz CT molecular complexity index is 272. The summed E-state index contributed by atoms with van der Waals surface area (Å²) in [6.07, 6.45) is 2.41. The summed E-state index contributed by atoms with van der Waals surface area (Å²) >= 11 is 4.85. The predicted molar refractivity (Wildman–Crippen MR) is 43.6 cm³/mol. The van der Waals surface area contributed by atoms with Crippen molar-refractivity contribution in [2.45, 2.75) is 19.8 Å². The highest BCUT2D eigenvalue weighted by molar-refractivity contribution is 6.13. The van der Waals surface area contributed by atoms with Gasteiger partial charge in [-0.3, -0.25) is 4.79 Å². The van der Waals surface area contributed by atoms with Gasteiger partial charge in [-0.2, -0.15) is 0 Å². The van der Waals surface area contributed by atoms with E-state index in [9.17, 15) is 4.79 Å². The summed E-state index contributed by atoms with van der Waals surface area (Å²) in [5, 5.41) is 0. The first-order valence-corrected chi connectivity index (χ1v) is 3.85. The van der Waals surface area contributed by atoms with Crippen molar-refractivity contribution in [3.63, 3.8) is 0 Å². The molecule has 0 aliphatic heterocycles. The largest absolute Gasteiger partial charge is 0.348 e. The lowest BCUT2D eigenvalue weighted by Gasteiger charge is -1.95. The van der Waals surface area contributed by atoms with Crippen molar-refractivity contribution in [3.05, 3.63) is 17.7 Å². The van der Waals surface area contributed by atoms with Gasteiger partial charge in [-0.05, 0) is 6.92 Å². The molecule has 0 atom stereocenters. The molecule has 0 saturated heterocycles. The van der Waals surface area contributed by atoms with Gasteiger partial charge < -0.3 is 9.27 Å². The van der Waals surface area contributed by atoms with Gasteiger partial charge in [0.1, 0.15) is 11.9 Å². The van der Waals surface area contributed by atoms with E-state index >= 15 is 0 Å². The fourth-order valence-electron chi connectivity index (χ4n) is 0.898. The van der Waals surface area contributed by atoms with Crippen LogP contribution in [0.15, 0.2) is 6.33 Å². The van der Waals surface area contributed by atoms with Crippen molar-refractivity contribution in [2.75, 3.05) is 0 Å². The predicted octanol–water partition coefficient (Wildman–Crippen LogP) is 1.35. The van der Waals surface area contributed by atoms with E-state index in [0.29, 0.717) is 6.42 Å². The molecule has 1 rings (SSSR count). The van der Waals surface area contributed by atoms with Gasteiger partial charge in [-0.15, -0.1) is 0 Å². The minimum absolute atomic E-state index is 0.259. The van der Waals surface area contributed by atoms with Gasteiger partial charge in [0.05, 0.1) is 18.4 Å². The molecule has 0 bridgehead atoms. The van der Waals surface area contributed by atoms with Crippen LogP contribution >= 0.6 is 11.9 Å². The number of rotatable bonds is 3. The van der Waals surface area contributed by atoms with Crippen LogP contribution < -0.4 is 0 Å². The van der Waals surface area contributed by atoms with Gasteiger partial charge in [0.25, 0.3) is 0 Å². The number of aromatic nitrogens is 2. The van der Waals surface area contributed by atoms with Gasteiger partial charge in [0.15, 0.2) is 0 Å². The number of carbonyl (C=O) groups is 1. The van der Waals surface area contributed by atoms with E-state index in [0.717, 1.165) is 11.4 Å². The Hall–Kier alpha value is -1.03. The molecule has 66 valence electrons. The van der Waals surface area contributed by atoms with E-state index in [4.69, 9.17) is 11.9 Å². The maximum atomic E-state index is 10.6. The molecule has 0 unspecified atom stereocenters. The summed E-state index contributed by atoms with van der Waals surface area (Å²) in [5.41, 5.74) is 1.84. The molecule has 0 spiro atoms. The maximum absolute atomic E-state index is 10.6.